The molecule has 0 N–H and O–H groups in total. The van der Waals surface area contributed by atoms with Crippen molar-refractivity contribution in [2.75, 3.05) is 0 Å². The van der Waals surface area contributed by atoms with Gasteiger partial charge in [-0.3, -0.25) is 0 Å². The third kappa shape index (κ3) is 5.12. The second-order valence-electron chi connectivity index (χ2n) is 14.6. The Kier molecular flexibility index (Phi) is 7.13. The van der Waals surface area contributed by atoms with Gasteiger partial charge < -0.3 is 8.83 Å². The molecule has 0 saturated heterocycles. The van der Waals surface area contributed by atoms with Crippen LogP contribution in [0.4, 0.5) is 0 Å². The lowest BCUT2D eigenvalue weighted by atomic mass is 9.98. The molecule has 0 aliphatic rings. The third-order valence-corrected chi connectivity index (χ3v) is 11.1. The van der Waals surface area contributed by atoms with Crippen LogP contribution >= 0.6 is 0 Å². The predicted molar refractivity (Wildman–Crippen MR) is 234 cm³/mol. The van der Waals surface area contributed by atoms with E-state index in [9.17, 15) is 0 Å². The van der Waals surface area contributed by atoms with Crippen LogP contribution in [0.1, 0.15) is 0 Å². The van der Waals surface area contributed by atoms with E-state index in [2.05, 4.69) is 109 Å². The lowest BCUT2D eigenvalue weighted by molar-refractivity contribution is 0.668. The van der Waals surface area contributed by atoms with Crippen LogP contribution in [0.3, 0.4) is 0 Å². The van der Waals surface area contributed by atoms with Crippen LogP contribution in [0, 0.1) is 0 Å². The zero-order chi connectivity index (χ0) is 38.2. The molecule has 0 unspecified atom stereocenters. The van der Waals surface area contributed by atoms with Gasteiger partial charge in [0.2, 0.25) is 0 Å². The van der Waals surface area contributed by atoms with Gasteiger partial charge in [0.25, 0.3) is 0 Å². The second kappa shape index (κ2) is 12.8. The molecule has 0 atom stereocenters. The Morgan fingerprint density at radius 3 is 1.71 bits per heavy atom. The molecule has 0 spiro atoms. The van der Waals surface area contributed by atoms with Gasteiger partial charge in [0.05, 0.1) is 5.52 Å². The highest BCUT2D eigenvalue weighted by molar-refractivity contribution is 6.27. The highest BCUT2D eigenvalue weighted by atomic mass is 16.3. The van der Waals surface area contributed by atoms with Crippen LogP contribution in [0.25, 0.3) is 122 Å². The molecule has 58 heavy (non-hydrogen) atoms. The number of rotatable bonds is 5. The first-order valence-corrected chi connectivity index (χ1v) is 19.3. The summed E-state index contributed by atoms with van der Waals surface area (Å²) in [4.78, 5) is 20.4. The normalized spacial score (nSPS) is 11.8. The first kappa shape index (κ1) is 32.3. The van der Waals surface area contributed by atoms with E-state index in [1.807, 2.05) is 72.8 Å². The van der Waals surface area contributed by atoms with Crippen LogP contribution < -0.4 is 0 Å². The van der Waals surface area contributed by atoms with Crippen molar-refractivity contribution in [3.05, 3.63) is 182 Å². The van der Waals surface area contributed by atoms with E-state index in [0.29, 0.717) is 17.5 Å². The fourth-order valence-corrected chi connectivity index (χ4v) is 8.37. The number of furan rings is 2. The van der Waals surface area contributed by atoms with Gasteiger partial charge in [0.15, 0.2) is 23.1 Å². The van der Waals surface area contributed by atoms with Crippen molar-refractivity contribution >= 4 is 65.6 Å². The number of pyridine rings is 1. The summed E-state index contributed by atoms with van der Waals surface area (Å²) in [5.41, 5.74) is 10.7. The molecule has 4 aromatic heterocycles. The largest absolute Gasteiger partial charge is 0.455 e. The zero-order valence-electron chi connectivity index (χ0n) is 30.9. The van der Waals surface area contributed by atoms with Crippen LogP contribution in [-0.4, -0.2) is 19.9 Å². The number of nitrogens with zero attached hydrogens (tertiary/aromatic N) is 4. The van der Waals surface area contributed by atoms with E-state index in [-0.39, 0.29) is 0 Å². The molecule has 270 valence electrons. The molecule has 0 radical (unpaired) electrons. The Morgan fingerprint density at radius 2 is 0.897 bits per heavy atom. The van der Waals surface area contributed by atoms with Crippen LogP contribution in [0.15, 0.2) is 191 Å². The van der Waals surface area contributed by atoms with Crippen molar-refractivity contribution in [1.82, 2.24) is 19.9 Å². The van der Waals surface area contributed by atoms with E-state index < -0.39 is 0 Å². The summed E-state index contributed by atoms with van der Waals surface area (Å²) >= 11 is 0. The van der Waals surface area contributed by atoms with Crippen molar-refractivity contribution in [3.8, 4) is 56.5 Å². The fraction of sp³-hybridized carbons (Fsp3) is 0. The number of fused-ring (bicyclic) bond motifs is 10. The Labute approximate surface area is 331 Å². The summed E-state index contributed by atoms with van der Waals surface area (Å²) in [6.45, 7) is 0. The molecule has 6 nitrogen and oxygen atoms in total. The maximum absolute atomic E-state index is 6.62. The molecular weight excluding hydrogens is 713 g/mol. The molecule has 0 aliphatic heterocycles. The molecular formula is C52H30N4O2. The summed E-state index contributed by atoms with van der Waals surface area (Å²) in [5.74, 6) is 1.76. The molecule has 0 saturated carbocycles. The van der Waals surface area contributed by atoms with Crippen molar-refractivity contribution in [2.45, 2.75) is 0 Å². The van der Waals surface area contributed by atoms with Crippen molar-refractivity contribution in [3.63, 3.8) is 0 Å². The summed E-state index contributed by atoms with van der Waals surface area (Å²) in [5, 5.41) is 7.76. The molecule has 12 rings (SSSR count). The molecule has 4 heterocycles. The summed E-state index contributed by atoms with van der Waals surface area (Å²) in [6, 6.07) is 62.1. The fourth-order valence-electron chi connectivity index (χ4n) is 8.37. The number of para-hydroxylation sites is 3. The van der Waals surface area contributed by atoms with Gasteiger partial charge in [0, 0.05) is 54.7 Å². The topological polar surface area (TPSA) is 77.8 Å². The van der Waals surface area contributed by atoms with Crippen molar-refractivity contribution in [2.24, 2.45) is 0 Å². The van der Waals surface area contributed by atoms with Gasteiger partial charge in [-0.15, -0.1) is 0 Å². The monoisotopic (exact) mass is 742 g/mol. The molecule has 0 bridgehead atoms. The van der Waals surface area contributed by atoms with Gasteiger partial charge in [0.1, 0.15) is 22.4 Å². The lowest BCUT2D eigenvalue weighted by Crippen LogP contribution is -2.00. The van der Waals surface area contributed by atoms with Crippen LogP contribution in [-0.2, 0) is 0 Å². The van der Waals surface area contributed by atoms with E-state index in [4.69, 9.17) is 28.8 Å². The Morgan fingerprint density at radius 1 is 0.328 bits per heavy atom. The molecule has 6 heteroatoms. The highest BCUT2D eigenvalue weighted by Crippen LogP contribution is 2.42. The summed E-state index contributed by atoms with van der Waals surface area (Å²) in [6.07, 6.45) is 0. The van der Waals surface area contributed by atoms with Crippen molar-refractivity contribution in [1.29, 1.82) is 0 Å². The minimum absolute atomic E-state index is 0.576. The third-order valence-electron chi connectivity index (χ3n) is 11.1. The van der Waals surface area contributed by atoms with Gasteiger partial charge in [-0.2, -0.15) is 0 Å². The average molecular weight is 743 g/mol. The Hall–Kier alpha value is -7.96. The van der Waals surface area contributed by atoms with Gasteiger partial charge in [-0.25, -0.2) is 19.9 Å². The van der Waals surface area contributed by atoms with E-state index >= 15 is 0 Å². The predicted octanol–water partition coefficient (Wildman–Crippen LogP) is 13.7. The van der Waals surface area contributed by atoms with E-state index in [0.717, 1.165) is 99.2 Å². The summed E-state index contributed by atoms with van der Waals surface area (Å²) < 4.78 is 13.0. The second-order valence-corrected chi connectivity index (χ2v) is 14.6. The quantitative estimate of drug-likeness (QED) is 0.163. The van der Waals surface area contributed by atoms with Gasteiger partial charge >= 0.3 is 0 Å². The lowest BCUT2D eigenvalue weighted by Gasteiger charge is -2.11. The molecule has 12 aromatic rings. The number of benzene rings is 8. The number of aromatic nitrogens is 4. The SMILES string of the molecule is c1ccc(-c2nc(-c3ccc(-c4nc5ccc6ccccc6c5c5c4oc4ccccc45)cc3)nc(-c3cccc(-c4cccc5c4oc4ccccc45)c3)n2)cc1. The first-order valence-electron chi connectivity index (χ1n) is 19.3. The molecule has 0 fully saturated rings. The number of hydrogen-bond donors (Lipinski definition) is 0. The molecule has 0 aliphatic carbocycles. The maximum Gasteiger partial charge on any atom is 0.164 e. The first-order chi connectivity index (χ1) is 28.7. The van der Waals surface area contributed by atoms with E-state index in [1.165, 1.54) is 5.39 Å². The molecule has 0 amide bonds. The van der Waals surface area contributed by atoms with Gasteiger partial charge in [-0.05, 0) is 40.6 Å². The Bertz CT molecular complexity index is 3570. The van der Waals surface area contributed by atoms with Crippen LogP contribution in [0.2, 0.25) is 0 Å². The standard InChI is InChI=1S/C52H30N4O2/c1-2-13-33(14-3-1)50-54-51(56-52(55-50)36-16-10-15-35(30-36)38-20-11-21-40-39-18-6-8-22-43(39)57-48(38)40)34-26-24-32(25-27-34)47-49-46(41-19-7-9-23-44(41)58-49)45-37-17-5-4-12-31(37)28-29-42(45)53-47/h1-30H. The minimum Gasteiger partial charge on any atom is -0.455 e. The highest BCUT2D eigenvalue weighted by Gasteiger charge is 2.20. The summed E-state index contributed by atoms with van der Waals surface area (Å²) in [7, 11) is 0. The maximum atomic E-state index is 6.62. The zero-order valence-corrected chi connectivity index (χ0v) is 30.9. The number of hydrogen-bond acceptors (Lipinski definition) is 6. The van der Waals surface area contributed by atoms with Crippen LogP contribution in [0.5, 0.6) is 0 Å². The van der Waals surface area contributed by atoms with Gasteiger partial charge in [-0.1, -0.05) is 158 Å². The van der Waals surface area contributed by atoms with E-state index in [1.54, 1.807) is 0 Å². The Balaban J connectivity index is 0.991. The minimum atomic E-state index is 0.576. The average Bonchev–Trinajstić information content (AvgIpc) is 3.88. The smallest absolute Gasteiger partial charge is 0.164 e. The van der Waals surface area contributed by atoms with Crippen molar-refractivity contribution < 1.29 is 8.83 Å². The molecule has 8 aromatic carbocycles.